The first-order valence-corrected chi connectivity index (χ1v) is 6.56. The van der Waals surface area contributed by atoms with Crippen LogP contribution in [0.25, 0.3) is 5.57 Å². The summed E-state index contributed by atoms with van der Waals surface area (Å²) in [6.45, 7) is 0. The van der Waals surface area contributed by atoms with Crippen LogP contribution in [0.15, 0.2) is 37.6 Å². The fraction of sp³-hybridized carbons (Fsp3) is 0. The van der Waals surface area contributed by atoms with Gasteiger partial charge in [0.2, 0.25) is 0 Å². The Morgan fingerprint density at radius 3 is 1.30 bits per heavy atom. The third-order valence-corrected chi connectivity index (χ3v) is 3.03. The molecular weight excluding hydrogens is 350 g/mol. The second-order valence-electron chi connectivity index (χ2n) is 3.51. The van der Waals surface area contributed by atoms with Crippen molar-refractivity contribution < 1.29 is 18.4 Å². The lowest BCUT2D eigenvalue weighted by atomic mass is 10.2. The quantitative estimate of drug-likeness (QED) is 0.739. The van der Waals surface area contributed by atoms with Gasteiger partial charge in [-0.3, -0.25) is 9.59 Å². The molecule has 20 heavy (non-hydrogen) atoms. The highest BCUT2D eigenvalue weighted by atomic mass is 35.5. The van der Waals surface area contributed by atoms with Crippen LogP contribution in [0.1, 0.15) is 32.6 Å². The van der Waals surface area contributed by atoms with E-state index in [2.05, 4.69) is 0 Å². The van der Waals surface area contributed by atoms with Gasteiger partial charge in [0.05, 0.1) is 5.57 Å². The highest BCUT2D eigenvalue weighted by molar-refractivity contribution is 6.67. The summed E-state index contributed by atoms with van der Waals surface area (Å²) in [5.74, 6) is 0.178. The zero-order chi connectivity index (χ0) is 14.9. The van der Waals surface area contributed by atoms with Gasteiger partial charge in [-0.15, -0.1) is 0 Å². The standard InChI is InChI=1S/C12H4Cl4O4/c13-10(14)9(5-1-3-7(19-5)11(15)17)6-2-4-8(20-6)12(16)18/h1-4H. The molecule has 0 saturated carbocycles. The van der Waals surface area contributed by atoms with Crippen molar-refractivity contribution in [3.63, 3.8) is 0 Å². The van der Waals surface area contributed by atoms with E-state index in [1.54, 1.807) is 0 Å². The average Bonchev–Trinajstić information content (AvgIpc) is 2.97. The van der Waals surface area contributed by atoms with E-state index in [1.165, 1.54) is 24.3 Å². The second-order valence-corrected chi connectivity index (χ2v) is 5.15. The van der Waals surface area contributed by atoms with Crippen LogP contribution in [-0.4, -0.2) is 10.5 Å². The summed E-state index contributed by atoms with van der Waals surface area (Å²) in [6, 6.07) is 5.61. The Morgan fingerprint density at radius 2 is 1.05 bits per heavy atom. The average molecular weight is 354 g/mol. The summed E-state index contributed by atoms with van der Waals surface area (Å²) in [7, 11) is 0. The van der Waals surface area contributed by atoms with Gasteiger partial charge in [-0.05, 0) is 47.5 Å². The Balaban J connectivity index is 2.48. The molecule has 2 aromatic rings. The number of carbonyl (C=O) groups excluding carboxylic acids is 2. The fourth-order valence-corrected chi connectivity index (χ4v) is 2.04. The van der Waals surface area contributed by atoms with E-state index in [0.29, 0.717) is 0 Å². The summed E-state index contributed by atoms with van der Waals surface area (Å²) in [5.41, 5.74) is 0.168. The number of hydrogen-bond donors (Lipinski definition) is 0. The molecule has 0 N–H and O–H groups in total. The summed E-state index contributed by atoms with van der Waals surface area (Å²) in [5, 5.41) is -1.53. The second kappa shape index (κ2) is 6.06. The predicted molar refractivity (Wildman–Crippen MR) is 75.5 cm³/mol. The van der Waals surface area contributed by atoms with Gasteiger partial charge in [-0.2, -0.15) is 0 Å². The summed E-state index contributed by atoms with van der Waals surface area (Å²) in [4.78, 5) is 22.0. The van der Waals surface area contributed by atoms with Crippen LogP contribution in [0.2, 0.25) is 0 Å². The SMILES string of the molecule is O=C(Cl)c1ccc(C(=C(Cl)Cl)c2ccc(C(=O)Cl)o2)o1. The summed E-state index contributed by atoms with van der Waals surface area (Å²) >= 11 is 22.1. The first-order valence-electron chi connectivity index (χ1n) is 5.05. The van der Waals surface area contributed by atoms with Crippen LogP contribution in [-0.2, 0) is 0 Å². The molecule has 0 atom stereocenters. The topological polar surface area (TPSA) is 60.4 Å². The molecule has 0 amide bonds. The molecule has 0 unspecified atom stereocenters. The maximum Gasteiger partial charge on any atom is 0.287 e. The first-order chi connectivity index (χ1) is 9.40. The minimum atomic E-state index is -0.766. The third kappa shape index (κ3) is 3.10. The molecule has 2 heterocycles. The van der Waals surface area contributed by atoms with E-state index in [4.69, 9.17) is 55.2 Å². The van der Waals surface area contributed by atoms with E-state index in [9.17, 15) is 9.59 Å². The molecule has 0 bridgehead atoms. The molecule has 4 nitrogen and oxygen atoms in total. The van der Waals surface area contributed by atoms with E-state index in [0.717, 1.165) is 0 Å². The normalized spacial score (nSPS) is 10.4. The van der Waals surface area contributed by atoms with Gasteiger partial charge >= 0.3 is 0 Å². The van der Waals surface area contributed by atoms with E-state index < -0.39 is 10.5 Å². The fourth-order valence-electron chi connectivity index (χ4n) is 1.46. The smallest absolute Gasteiger partial charge is 0.287 e. The molecule has 0 aliphatic heterocycles. The monoisotopic (exact) mass is 352 g/mol. The van der Waals surface area contributed by atoms with Crippen molar-refractivity contribution in [1.29, 1.82) is 0 Å². The molecule has 2 rings (SSSR count). The zero-order valence-electron chi connectivity index (χ0n) is 9.45. The number of furan rings is 2. The lowest BCUT2D eigenvalue weighted by molar-refractivity contribution is 0.105. The Labute approximate surface area is 132 Å². The Bertz CT molecular complexity index is 652. The molecule has 104 valence electrons. The van der Waals surface area contributed by atoms with Crippen molar-refractivity contribution in [1.82, 2.24) is 0 Å². The van der Waals surface area contributed by atoms with Crippen LogP contribution in [0.5, 0.6) is 0 Å². The largest absolute Gasteiger partial charge is 0.451 e. The number of hydrogen-bond acceptors (Lipinski definition) is 4. The van der Waals surface area contributed by atoms with Gasteiger partial charge in [-0.25, -0.2) is 0 Å². The number of rotatable bonds is 4. The predicted octanol–water partition coefficient (Wildman–Crippen LogP) is 4.83. The minimum absolute atomic E-state index is 0.0750. The van der Waals surface area contributed by atoms with Crippen molar-refractivity contribution in [2.24, 2.45) is 0 Å². The Kier molecular flexibility index (Phi) is 4.60. The van der Waals surface area contributed by atoms with Crippen molar-refractivity contribution in [2.45, 2.75) is 0 Å². The van der Waals surface area contributed by atoms with Crippen molar-refractivity contribution in [2.75, 3.05) is 0 Å². The highest BCUT2D eigenvalue weighted by Crippen LogP contribution is 2.33. The molecule has 8 heteroatoms. The summed E-state index contributed by atoms with van der Waals surface area (Å²) in [6.07, 6.45) is 0. The van der Waals surface area contributed by atoms with Crippen LogP contribution < -0.4 is 0 Å². The molecular formula is C12H4Cl4O4. The Hall–Kier alpha value is -1.20. The summed E-state index contributed by atoms with van der Waals surface area (Å²) < 4.78 is 10.2. The van der Waals surface area contributed by atoms with Gasteiger partial charge < -0.3 is 8.83 Å². The highest BCUT2D eigenvalue weighted by Gasteiger charge is 2.20. The lowest BCUT2D eigenvalue weighted by Crippen LogP contribution is -1.87. The number of carbonyl (C=O) groups is 2. The molecule has 0 fully saturated rings. The van der Waals surface area contributed by atoms with Crippen molar-refractivity contribution >= 4 is 62.5 Å². The van der Waals surface area contributed by atoms with E-state index >= 15 is 0 Å². The zero-order valence-corrected chi connectivity index (χ0v) is 12.5. The molecule has 2 aromatic heterocycles. The first kappa shape index (κ1) is 15.2. The van der Waals surface area contributed by atoms with Gasteiger partial charge in [0.25, 0.3) is 10.5 Å². The lowest BCUT2D eigenvalue weighted by Gasteiger charge is -2.01. The third-order valence-electron chi connectivity index (χ3n) is 2.28. The Morgan fingerprint density at radius 1 is 0.700 bits per heavy atom. The van der Waals surface area contributed by atoms with Gasteiger partial charge in [0, 0.05) is 0 Å². The van der Waals surface area contributed by atoms with Crippen LogP contribution >= 0.6 is 46.4 Å². The van der Waals surface area contributed by atoms with Gasteiger partial charge in [0.15, 0.2) is 11.5 Å². The molecule has 0 saturated heterocycles. The van der Waals surface area contributed by atoms with E-state index in [-0.39, 0.29) is 33.1 Å². The van der Waals surface area contributed by atoms with Crippen LogP contribution in [0.3, 0.4) is 0 Å². The van der Waals surface area contributed by atoms with Crippen molar-refractivity contribution in [3.8, 4) is 0 Å². The van der Waals surface area contributed by atoms with Crippen molar-refractivity contribution in [3.05, 3.63) is 51.8 Å². The molecule has 0 spiro atoms. The minimum Gasteiger partial charge on any atom is -0.451 e. The molecule has 0 aromatic carbocycles. The van der Waals surface area contributed by atoms with Gasteiger partial charge in [-0.1, -0.05) is 23.2 Å². The van der Waals surface area contributed by atoms with Crippen LogP contribution in [0, 0.1) is 0 Å². The molecule has 0 radical (unpaired) electrons. The van der Waals surface area contributed by atoms with E-state index in [1.807, 2.05) is 0 Å². The maximum atomic E-state index is 11.0. The van der Waals surface area contributed by atoms with Gasteiger partial charge in [0.1, 0.15) is 16.0 Å². The molecule has 0 aliphatic rings. The maximum absolute atomic E-state index is 11.0. The number of halogens is 4. The van der Waals surface area contributed by atoms with Crippen LogP contribution in [0.4, 0.5) is 0 Å². The molecule has 0 aliphatic carbocycles.